The van der Waals surface area contributed by atoms with Crippen molar-refractivity contribution in [2.45, 2.75) is 162 Å². The normalized spacial score (nSPS) is 17.6. The lowest BCUT2D eigenvalue weighted by Crippen LogP contribution is -2.63. The van der Waals surface area contributed by atoms with E-state index in [9.17, 15) is 53.4 Å². The summed E-state index contributed by atoms with van der Waals surface area (Å²) >= 11 is 0. The highest BCUT2D eigenvalue weighted by atomic mass is 16.4. The molecule has 0 aromatic carbocycles. The summed E-state index contributed by atoms with van der Waals surface area (Å²) in [6.45, 7) is 13.4. The largest absolute Gasteiger partial charge is 0.480 e. The topological polar surface area (TPSA) is 358 Å². The first-order valence-corrected chi connectivity index (χ1v) is 23.0. The van der Waals surface area contributed by atoms with Gasteiger partial charge in [-0.3, -0.25) is 43.3 Å². The van der Waals surface area contributed by atoms with Crippen LogP contribution in [0.1, 0.15) is 113 Å². The van der Waals surface area contributed by atoms with Crippen LogP contribution in [-0.2, 0) is 43.2 Å². The number of carbonyl (C=O) groups excluding carboxylic acids is 8. The summed E-state index contributed by atoms with van der Waals surface area (Å²) in [7, 11) is 1.57. The molecule has 0 bridgehead atoms. The summed E-state index contributed by atoms with van der Waals surface area (Å²) in [4.78, 5) is 125. The molecule has 0 saturated carbocycles. The molecule has 8 amide bonds. The van der Waals surface area contributed by atoms with Crippen LogP contribution in [0.4, 0.5) is 0 Å². The first-order valence-electron chi connectivity index (χ1n) is 23.0. The van der Waals surface area contributed by atoms with Gasteiger partial charge < -0.3 is 69.1 Å². The van der Waals surface area contributed by atoms with Crippen molar-refractivity contribution in [1.82, 2.24) is 47.4 Å². The van der Waals surface area contributed by atoms with Crippen molar-refractivity contribution in [3.05, 3.63) is 0 Å². The molecule has 0 aromatic heterocycles. The average molecular weight is 939 g/mol. The molecule has 10 atom stereocenters. The Hall–Kier alpha value is -5.58. The van der Waals surface area contributed by atoms with Gasteiger partial charge in [-0.05, 0) is 63.8 Å². The van der Waals surface area contributed by atoms with Gasteiger partial charge in [0.25, 0.3) is 0 Å². The van der Waals surface area contributed by atoms with Crippen molar-refractivity contribution in [1.29, 1.82) is 0 Å². The summed E-state index contributed by atoms with van der Waals surface area (Å²) in [5.74, 6) is -8.33. The first-order chi connectivity index (χ1) is 31.0. The Morgan fingerprint density at radius 2 is 1.18 bits per heavy atom. The smallest absolute Gasteiger partial charge is 0.326 e. The van der Waals surface area contributed by atoms with Gasteiger partial charge in [-0.1, -0.05) is 74.1 Å². The number of rotatable bonds is 30. The van der Waals surface area contributed by atoms with Crippen molar-refractivity contribution >= 4 is 59.2 Å². The standard InChI is InChI=1S/C43H78N12O11/c1-10-13-16-27(36(59)52-33(24(6)11-2)38(61)50-28(17-14-19-47-43(44)45)41(64)55-20-15-18-29(55)42(65)66)49-40(63)35(26(8)56)54-39(62)34(25(7)12-3)53-37(60)32(23(4)5)51-31(58)22-48-30(57)21-46-9/h23-29,32-35,46,56H,10-22H2,1-9H3,(H,48,57)(H,49,63)(H,50,61)(H,51,58)(H,52,59)(H,53,60)(H,54,62)(H,65,66)(H4,44,45,47)/t24-,25-,26+,27-,28-,29-,32-,33-,34+,35-/m0/s1. The van der Waals surface area contributed by atoms with Crippen molar-refractivity contribution < 1.29 is 53.4 Å². The Kier molecular flexibility index (Phi) is 26.4. The van der Waals surface area contributed by atoms with E-state index in [1.165, 1.54) is 11.8 Å². The maximum absolute atomic E-state index is 14.1. The van der Waals surface area contributed by atoms with Crippen LogP contribution in [0.15, 0.2) is 4.99 Å². The highest BCUT2D eigenvalue weighted by molar-refractivity contribution is 5.98. The minimum atomic E-state index is -1.61. The molecule has 1 fully saturated rings. The van der Waals surface area contributed by atoms with Gasteiger partial charge in [0, 0.05) is 13.1 Å². The van der Waals surface area contributed by atoms with Gasteiger partial charge in [0.2, 0.25) is 47.3 Å². The van der Waals surface area contributed by atoms with E-state index in [0.717, 1.165) is 0 Å². The van der Waals surface area contributed by atoms with E-state index in [2.05, 4.69) is 47.5 Å². The number of carboxylic acid groups (broad SMARTS) is 1. The zero-order chi connectivity index (χ0) is 50.3. The molecule has 0 spiro atoms. The molecule has 0 unspecified atom stereocenters. The average Bonchev–Trinajstić information content (AvgIpc) is 3.77. The van der Waals surface area contributed by atoms with Crippen LogP contribution >= 0.6 is 0 Å². The Labute approximate surface area is 388 Å². The molecule has 0 radical (unpaired) electrons. The molecule has 1 saturated heterocycles. The molecule has 1 aliphatic rings. The van der Waals surface area contributed by atoms with Gasteiger partial charge in [0.1, 0.15) is 42.3 Å². The molecular formula is C43H78N12O11. The fourth-order valence-electron chi connectivity index (χ4n) is 7.16. The predicted molar refractivity (Wildman–Crippen MR) is 246 cm³/mol. The molecule has 66 heavy (non-hydrogen) atoms. The number of nitrogens with zero attached hydrogens (tertiary/aromatic N) is 2. The number of unbranched alkanes of at least 4 members (excludes halogenated alkanes) is 1. The Balaban J connectivity index is 3.34. The van der Waals surface area contributed by atoms with Crippen molar-refractivity contribution in [3.63, 3.8) is 0 Å². The van der Waals surface area contributed by atoms with Crippen molar-refractivity contribution in [2.24, 2.45) is 34.2 Å². The molecule has 1 rings (SSSR count). The van der Waals surface area contributed by atoms with Crippen LogP contribution < -0.4 is 54.0 Å². The third-order valence-corrected chi connectivity index (χ3v) is 11.6. The number of hydrogen-bond acceptors (Lipinski definition) is 12. The molecule has 23 heteroatoms. The van der Waals surface area contributed by atoms with E-state index in [1.807, 2.05) is 6.92 Å². The summed E-state index contributed by atoms with van der Waals surface area (Å²) in [6, 6.07) is -8.66. The lowest BCUT2D eigenvalue weighted by atomic mass is 9.95. The number of hydrogen-bond donors (Lipinski definition) is 12. The van der Waals surface area contributed by atoms with Gasteiger partial charge in [-0.25, -0.2) is 4.79 Å². The number of likely N-dealkylation sites (tertiary alicyclic amines) is 1. The molecule has 0 aliphatic carbocycles. The predicted octanol–water partition coefficient (Wildman–Crippen LogP) is -2.32. The lowest BCUT2D eigenvalue weighted by Gasteiger charge is -2.31. The maximum atomic E-state index is 14.1. The van der Waals surface area contributed by atoms with E-state index in [-0.39, 0.29) is 57.8 Å². The summed E-state index contributed by atoms with van der Waals surface area (Å²) in [5.41, 5.74) is 10.9. The third-order valence-electron chi connectivity index (χ3n) is 11.6. The monoisotopic (exact) mass is 939 g/mol. The van der Waals surface area contributed by atoms with Crippen molar-refractivity contribution in [2.75, 3.05) is 33.2 Å². The minimum absolute atomic E-state index is 0.0165. The van der Waals surface area contributed by atoms with E-state index in [0.29, 0.717) is 32.1 Å². The fourth-order valence-corrected chi connectivity index (χ4v) is 7.16. The van der Waals surface area contributed by atoms with E-state index >= 15 is 0 Å². The molecule has 23 nitrogen and oxygen atoms in total. The number of carboxylic acids is 1. The molecular weight excluding hydrogens is 861 g/mol. The van der Waals surface area contributed by atoms with E-state index in [4.69, 9.17) is 11.5 Å². The van der Waals surface area contributed by atoms with Crippen LogP contribution in [0, 0.1) is 17.8 Å². The van der Waals surface area contributed by atoms with Crippen LogP contribution in [0.2, 0.25) is 0 Å². The molecule has 0 aromatic rings. The summed E-state index contributed by atoms with van der Waals surface area (Å²) < 4.78 is 0. The molecule has 14 N–H and O–H groups in total. The fraction of sp³-hybridized carbons (Fsp3) is 0.767. The minimum Gasteiger partial charge on any atom is -0.480 e. The SMILES string of the molecule is CCCC[C@H](NC(=O)[C@@H](NC(=O)[C@H](NC(=O)[C@@H](NC(=O)CNC(=O)CNC)C(C)C)[C@@H](C)CC)[C@@H](C)O)C(=O)N[C@H](C(=O)N[C@@H](CCCN=C(N)N)C(=O)N1CCC[C@H]1C(=O)O)[C@@H](C)CC. The number of aliphatic carboxylic acids is 1. The number of aliphatic hydroxyl groups excluding tert-OH is 1. The van der Waals surface area contributed by atoms with Gasteiger partial charge in [0.05, 0.1) is 19.2 Å². The van der Waals surface area contributed by atoms with Crippen LogP contribution in [-0.4, -0.2) is 156 Å². The van der Waals surface area contributed by atoms with Crippen LogP contribution in [0.3, 0.4) is 0 Å². The number of aliphatic hydroxyl groups is 1. The number of aliphatic imine (C=N–C) groups is 1. The number of likely N-dealkylation sites (N-methyl/N-ethyl adjacent to an activating group) is 1. The third kappa shape index (κ3) is 19.5. The van der Waals surface area contributed by atoms with Gasteiger partial charge >= 0.3 is 5.97 Å². The second kappa shape index (κ2) is 29.9. The molecule has 1 aliphatic heterocycles. The first kappa shape index (κ1) is 58.4. The zero-order valence-electron chi connectivity index (χ0n) is 40.2. The van der Waals surface area contributed by atoms with E-state index in [1.54, 1.807) is 48.6 Å². The lowest BCUT2D eigenvalue weighted by molar-refractivity contribution is -0.149. The van der Waals surface area contributed by atoms with Gasteiger partial charge in [0.15, 0.2) is 5.96 Å². The number of amides is 8. The van der Waals surface area contributed by atoms with Crippen LogP contribution in [0.5, 0.6) is 0 Å². The second-order valence-electron chi connectivity index (χ2n) is 17.3. The van der Waals surface area contributed by atoms with Crippen molar-refractivity contribution in [3.8, 4) is 0 Å². The summed E-state index contributed by atoms with van der Waals surface area (Å²) in [5, 5.41) is 41.5. The quantitative estimate of drug-likeness (QED) is 0.0205. The Morgan fingerprint density at radius 1 is 0.667 bits per heavy atom. The van der Waals surface area contributed by atoms with Gasteiger partial charge in [-0.15, -0.1) is 0 Å². The van der Waals surface area contributed by atoms with Crippen LogP contribution in [0.25, 0.3) is 0 Å². The number of guanidine groups is 1. The van der Waals surface area contributed by atoms with E-state index < -0.39 is 119 Å². The van der Waals surface area contributed by atoms with Gasteiger partial charge in [-0.2, -0.15) is 0 Å². The number of carbonyl (C=O) groups is 9. The highest BCUT2D eigenvalue weighted by Gasteiger charge is 2.40. The number of nitrogens with one attached hydrogen (secondary N) is 8. The molecule has 376 valence electrons. The highest BCUT2D eigenvalue weighted by Crippen LogP contribution is 2.20. The second-order valence-corrected chi connectivity index (χ2v) is 17.3. The Bertz CT molecular complexity index is 1680. The zero-order valence-corrected chi connectivity index (χ0v) is 40.2. The maximum Gasteiger partial charge on any atom is 0.326 e. The Morgan fingerprint density at radius 3 is 1.70 bits per heavy atom. The number of nitrogens with two attached hydrogens (primary N) is 2. The summed E-state index contributed by atoms with van der Waals surface area (Å²) in [6.07, 6.45) is 1.52. The molecule has 1 heterocycles.